The molecule has 0 aromatic heterocycles. The van der Waals surface area contributed by atoms with Crippen molar-refractivity contribution in [2.24, 2.45) is 10.8 Å². The summed E-state index contributed by atoms with van der Waals surface area (Å²) in [6, 6.07) is 20.2. The van der Waals surface area contributed by atoms with Crippen molar-refractivity contribution in [3.63, 3.8) is 0 Å². The summed E-state index contributed by atoms with van der Waals surface area (Å²) in [5.74, 6) is 5.96. The molecule has 2 N–H and O–H groups in total. The number of nitrogens with two attached hydrogens (primary N) is 1. The van der Waals surface area contributed by atoms with E-state index in [0.29, 0.717) is 12.3 Å². The van der Waals surface area contributed by atoms with E-state index >= 15 is 0 Å². The first kappa shape index (κ1) is 26.2. The van der Waals surface area contributed by atoms with Crippen LogP contribution in [-0.4, -0.2) is 55.3 Å². The van der Waals surface area contributed by atoms with Crippen LogP contribution in [0, 0.1) is 0 Å². The number of para-hydroxylation sites is 1. The van der Waals surface area contributed by atoms with Gasteiger partial charge in [0, 0.05) is 16.6 Å². The van der Waals surface area contributed by atoms with Crippen LogP contribution in [0.15, 0.2) is 77.8 Å². The standard InChI is InChI=1S/C30H32N4O5/c1-20(2)27(35)37-18-16-34(31)28(36)38-17-15-33-24-12-8-7-11-23(24)29(3,4)30(33)19-32-26-22-10-6-5-9-21(22)13-14-25(26)39-30/h5-14,19H,1,15-18,31H2,2-4H3. The van der Waals surface area contributed by atoms with E-state index in [0.717, 1.165) is 32.7 Å². The van der Waals surface area contributed by atoms with Crippen LogP contribution in [0.4, 0.5) is 16.2 Å². The van der Waals surface area contributed by atoms with E-state index in [1.54, 1.807) is 6.92 Å². The molecule has 9 heteroatoms. The highest BCUT2D eigenvalue weighted by molar-refractivity contribution is 5.99. The maximum atomic E-state index is 12.5. The van der Waals surface area contributed by atoms with Gasteiger partial charge in [-0.3, -0.25) is 4.99 Å². The number of rotatable bonds is 7. The molecule has 202 valence electrons. The number of esters is 1. The van der Waals surface area contributed by atoms with Gasteiger partial charge in [-0.15, -0.1) is 0 Å². The van der Waals surface area contributed by atoms with Gasteiger partial charge < -0.3 is 19.1 Å². The number of benzene rings is 3. The summed E-state index contributed by atoms with van der Waals surface area (Å²) in [5, 5.41) is 2.99. The van der Waals surface area contributed by atoms with E-state index in [9.17, 15) is 9.59 Å². The van der Waals surface area contributed by atoms with Gasteiger partial charge in [-0.1, -0.05) is 55.1 Å². The Morgan fingerprint density at radius 2 is 1.79 bits per heavy atom. The summed E-state index contributed by atoms with van der Waals surface area (Å²) in [7, 11) is 0. The molecule has 3 aromatic rings. The number of carbonyl (C=O) groups is 2. The fraction of sp³-hybridized carbons (Fsp3) is 0.300. The van der Waals surface area contributed by atoms with E-state index in [1.807, 2.05) is 54.7 Å². The Morgan fingerprint density at radius 3 is 2.59 bits per heavy atom. The molecule has 0 saturated heterocycles. The summed E-state index contributed by atoms with van der Waals surface area (Å²) in [6.07, 6.45) is 1.15. The smallest absolute Gasteiger partial charge is 0.424 e. The van der Waals surface area contributed by atoms with Crippen molar-refractivity contribution in [3.8, 4) is 5.75 Å². The highest BCUT2D eigenvalue weighted by Gasteiger charge is 2.59. The Labute approximate surface area is 227 Å². The molecule has 1 spiro atoms. The lowest BCUT2D eigenvalue weighted by Gasteiger charge is -2.46. The minimum absolute atomic E-state index is 0.0120. The Hall–Kier alpha value is -4.37. The van der Waals surface area contributed by atoms with Gasteiger partial charge in [-0.25, -0.2) is 20.4 Å². The first-order chi connectivity index (χ1) is 18.7. The number of ether oxygens (including phenoxy) is 3. The summed E-state index contributed by atoms with van der Waals surface area (Å²) >= 11 is 0. The first-order valence-electron chi connectivity index (χ1n) is 12.8. The van der Waals surface area contributed by atoms with E-state index in [-0.39, 0.29) is 25.3 Å². The van der Waals surface area contributed by atoms with Gasteiger partial charge in [-0.2, -0.15) is 0 Å². The molecule has 3 aromatic carbocycles. The van der Waals surface area contributed by atoms with Crippen LogP contribution >= 0.6 is 0 Å². The van der Waals surface area contributed by atoms with Gasteiger partial charge in [-0.05, 0) is 43.9 Å². The molecular weight excluding hydrogens is 496 g/mol. The lowest BCUT2D eigenvalue weighted by Crippen LogP contribution is -2.62. The number of hydrazine groups is 1. The van der Waals surface area contributed by atoms with Gasteiger partial charge in [0.05, 0.1) is 24.7 Å². The molecule has 1 atom stereocenters. The molecule has 39 heavy (non-hydrogen) atoms. The molecule has 9 nitrogen and oxygen atoms in total. The van der Waals surface area contributed by atoms with Gasteiger partial charge in [0.1, 0.15) is 24.7 Å². The van der Waals surface area contributed by atoms with Crippen LogP contribution < -0.4 is 15.5 Å². The van der Waals surface area contributed by atoms with E-state index in [4.69, 9.17) is 25.0 Å². The molecule has 2 aliphatic heterocycles. The van der Waals surface area contributed by atoms with Crippen molar-refractivity contribution >= 4 is 40.4 Å². The topological polar surface area (TPSA) is 107 Å². The summed E-state index contributed by atoms with van der Waals surface area (Å²) in [4.78, 5) is 31.1. The van der Waals surface area contributed by atoms with Gasteiger partial charge in [0.25, 0.3) is 0 Å². The predicted octanol–water partition coefficient (Wildman–Crippen LogP) is 4.86. The van der Waals surface area contributed by atoms with Crippen LogP contribution in [0.3, 0.4) is 0 Å². The molecule has 2 heterocycles. The average molecular weight is 529 g/mol. The van der Waals surface area contributed by atoms with Crippen LogP contribution in [0.1, 0.15) is 26.3 Å². The monoisotopic (exact) mass is 528 g/mol. The summed E-state index contributed by atoms with van der Waals surface area (Å²) in [6.45, 7) is 9.63. The second-order valence-electron chi connectivity index (χ2n) is 10.2. The number of nitrogens with zero attached hydrogens (tertiary/aromatic N) is 3. The lowest BCUT2D eigenvalue weighted by atomic mass is 9.77. The fourth-order valence-corrected chi connectivity index (χ4v) is 5.20. The maximum Gasteiger partial charge on any atom is 0.424 e. The second kappa shape index (κ2) is 10.1. The van der Waals surface area contributed by atoms with Crippen molar-refractivity contribution < 1.29 is 23.8 Å². The Kier molecular flexibility index (Phi) is 6.78. The Bertz CT molecular complexity index is 1480. The summed E-state index contributed by atoms with van der Waals surface area (Å²) in [5.41, 5.74) is 1.72. The van der Waals surface area contributed by atoms with E-state index in [1.165, 1.54) is 0 Å². The molecule has 0 radical (unpaired) electrons. The lowest BCUT2D eigenvalue weighted by molar-refractivity contribution is -0.139. The normalized spacial score (nSPS) is 18.3. The van der Waals surface area contributed by atoms with Crippen LogP contribution in [-0.2, 0) is 19.7 Å². The van der Waals surface area contributed by atoms with Crippen molar-refractivity contribution in [1.29, 1.82) is 0 Å². The molecule has 0 bridgehead atoms. The first-order valence-corrected chi connectivity index (χ1v) is 12.8. The number of fused-ring (bicyclic) bond motifs is 4. The molecule has 1 amide bonds. The minimum atomic E-state index is -0.947. The highest BCUT2D eigenvalue weighted by atomic mass is 16.6. The van der Waals surface area contributed by atoms with E-state index in [2.05, 4.69) is 37.5 Å². The highest BCUT2D eigenvalue weighted by Crippen LogP contribution is 2.54. The molecule has 5 rings (SSSR count). The maximum absolute atomic E-state index is 12.5. The number of hydrogen-bond donors (Lipinski definition) is 1. The molecule has 0 aliphatic carbocycles. The molecule has 0 fully saturated rings. The fourth-order valence-electron chi connectivity index (χ4n) is 5.20. The predicted molar refractivity (Wildman–Crippen MR) is 150 cm³/mol. The third kappa shape index (κ3) is 4.48. The van der Waals surface area contributed by atoms with Crippen LogP contribution in [0.25, 0.3) is 10.8 Å². The Morgan fingerprint density at radius 1 is 1.05 bits per heavy atom. The Balaban J connectivity index is 1.35. The average Bonchev–Trinajstić information content (AvgIpc) is 3.11. The summed E-state index contributed by atoms with van der Waals surface area (Å²) < 4.78 is 17.3. The van der Waals surface area contributed by atoms with E-state index < -0.39 is 23.2 Å². The number of hydrogen-bond acceptors (Lipinski definition) is 8. The number of aliphatic imine (C=N–C) groups is 1. The van der Waals surface area contributed by atoms with Crippen LogP contribution in [0.2, 0.25) is 0 Å². The number of amides is 1. The molecular formula is C30H32N4O5. The zero-order valence-electron chi connectivity index (χ0n) is 22.3. The third-order valence-electron chi connectivity index (χ3n) is 7.35. The van der Waals surface area contributed by atoms with Crippen molar-refractivity contribution in [2.45, 2.75) is 31.9 Å². The van der Waals surface area contributed by atoms with Gasteiger partial charge in [0.15, 0.2) is 0 Å². The van der Waals surface area contributed by atoms with Crippen molar-refractivity contribution in [1.82, 2.24) is 5.01 Å². The van der Waals surface area contributed by atoms with Crippen LogP contribution in [0.5, 0.6) is 5.75 Å². The van der Waals surface area contributed by atoms with Gasteiger partial charge in [0.2, 0.25) is 5.72 Å². The van der Waals surface area contributed by atoms with Crippen molar-refractivity contribution in [3.05, 3.63) is 78.4 Å². The quantitative estimate of drug-likeness (QED) is 0.153. The zero-order chi connectivity index (χ0) is 27.8. The molecule has 2 aliphatic rings. The number of anilines is 1. The number of carbonyl (C=O) groups excluding carboxylic acids is 2. The zero-order valence-corrected chi connectivity index (χ0v) is 22.3. The third-order valence-corrected chi connectivity index (χ3v) is 7.35. The SMILES string of the molecule is C=C(C)C(=O)OCCN(N)C(=O)OCCN1c2ccccc2C(C)(C)C12C=Nc1c(ccc3ccccc13)O2. The van der Waals surface area contributed by atoms with Crippen molar-refractivity contribution in [2.75, 3.05) is 31.2 Å². The van der Waals surface area contributed by atoms with Gasteiger partial charge >= 0.3 is 12.1 Å². The minimum Gasteiger partial charge on any atom is -0.460 e. The molecule has 0 saturated carbocycles. The second-order valence-corrected chi connectivity index (χ2v) is 10.2. The molecule has 1 unspecified atom stereocenters. The largest absolute Gasteiger partial charge is 0.460 e.